The van der Waals surface area contributed by atoms with Gasteiger partial charge in [-0.05, 0) is 12.8 Å². The van der Waals surface area contributed by atoms with E-state index in [1.807, 2.05) is 13.8 Å². The van der Waals surface area contributed by atoms with Gasteiger partial charge in [0.15, 0.2) is 5.78 Å². The fourth-order valence-corrected chi connectivity index (χ4v) is 1.43. The Morgan fingerprint density at radius 1 is 1.54 bits per heavy atom. The van der Waals surface area contributed by atoms with E-state index in [0.29, 0.717) is 0 Å². The van der Waals surface area contributed by atoms with Crippen LogP contribution in [-0.2, 0) is 13.9 Å². The van der Waals surface area contributed by atoms with Crippen LogP contribution in [0, 0.1) is 5.92 Å². The van der Waals surface area contributed by atoms with Crippen molar-refractivity contribution in [3.8, 4) is 0 Å². The van der Waals surface area contributed by atoms with Gasteiger partial charge in [0, 0.05) is 6.04 Å². The highest BCUT2D eigenvalue weighted by molar-refractivity contribution is 7.32. The summed E-state index contributed by atoms with van der Waals surface area (Å²) in [6, 6.07) is -0.543. The topological polar surface area (TPSA) is 89.6 Å². The normalized spacial score (nSPS) is 18.3. The van der Waals surface area contributed by atoms with Gasteiger partial charge in [-0.2, -0.15) is 0 Å². The predicted molar refractivity (Wildman–Crippen MR) is 49.6 cm³/mol. The minimum atomic E-state index is -3.11. The first-order chi connectivity index (χ1) is 5.86. The molecule has 0 rings (SSSR count). The highest BCUT2D eigenvalue weighted by atomic mass is 31.1. The molecule has 0 heterocycles. The molecule has 78 valence electrons. The van der Waals surface area contributed by atoms with Gasteiger partial charge in [-0.15, -0.1) is 0 Å². The standard InChI is InChI=1S/C7H16NO4P/c1-4(2)6(8)7(5(3)9)12-13(10)11/h4,6-7,13H,8H2,1-3H3,(H,10,11). The molecule has 0 aromatic carbocycles. The maximum Gasteiger partial charge on any atom is 0.317 e. The van der Waals surface area contributed by atoms with E-state index >= 15 is 0 Å². The van der Waals surface area contributed by atoms with Crippen LogP contribution in [0.3, 0.4) is 0 Å². The van der Waals surface area contributed by atoms with Crippen LogP contribution in [0.2, 0.25) is 0 Å². The molecule has 0 aliphatic carbocycles. The first-order valence-electron chi connectivity index (χ1n) is 4.02. The first-order valence-corrected chi connectivity index (χ1v) is 5.28. The van der Waals surface area contributed by atoms with Crippen LogP contribution in [0.25, 0.3) is 0 Å². The summed E-state index contributed by atoms with van der Waals surface area (Å²) in [6.45, 7) is 4.93. The summed E-state index contributed by atoms with van der Waals surface area (Å²) < 4.78 is 15.0. The maximum absolute atomic E-state index is 11.0. The molecule has 3 N–H and O–H groups in total. The van der Waals surface area contributed by atoms with Crippen molar-refractivity contribution in [3.05, 3.63) is 0 Å². The van der Waals surface area contributed by atoms with Crippen molar-refractivity contribution < 1.29 is 18.8 Å². The largest absolute Gasteiger partial charge is 0.326 e. The Hall–Kier alpha value is -0.220. The molecule has 0 aromatic rings. The number of rotatable bonds is 5. The van der Waals surface area contributed by atoms with Crippen LogP contribution in [0.5, 0.6) is 0 Å². The van der Waals surface area contributed by atoms with Gasteiger partial charge in [-0.1, -0.05) is 13.8 Å². The zero-order valence-electron chi connectivity index (χ0n) is 7.98. The average molecular weight is 209 g/mol. The van der Waals surface area contributed by atoms with Gasteiger partial charge in [0.25, 0.3) is 0 Å². The van der Waals surface area contributed by atoms with Gasteiger partial charge in [-0.3, -0.25) is 13.9 Å². The van der Waals surface area contributed by atoms with Gasteiger partial charge in [0.2, 0.25) is 0 Å². The second kappa shape index (κ2) is 5.50. The molecule has 13 heavy (non-hydrogen) atoms. The van der Waals surface area contributed by atoms with Gasteiger partial charge in [0.1, 0.15) is 6.10 Å². The third-order valence-corrected chi connectivity index (χ3v) is 2.20. The molecule has 0 spiro atoms. The van der Waals surface area contributed by atoms with E-state index in [9.17, 15) is 9.36 Å². The van der Waals surface area contributed by atoms with Gasteiger partial charge in [-0.25, -0.2) is 0 Å². The molecule has 0 amide bonds. The number of carbonyl (C=O) groups is 1. The smallest absolute Gasteiger partial charge is 0.317 e. The van der Waals surface area contributed by atoms with Gasteiger partial charge >= 0.3 is 8.25 Å². The Labute approximate surface area is 78.2 Å². The van der Waals surface area contributed by atoms with E-state index in [1.165, 1.54) is 6.92 Å². The second-order valence-corrected chi connectivity index (χ2v) is 4.00. The fraction of sp³-hybridized carbons (Fsp3) is 0.857. The van der Waals surface area contributed by atoms with Crippen molar-refractivity contribution >= 4 is 14.0 Å². The monoisotopic (exact) mass is 209 g/mol. The highest BCUT2D eigenvalue weighted by Crippen LogP contribution is 2.22. The van der Waals surface area contributed by atoms with E-state index < -0.39 is 20.4 Å². The van der Waals surface area contributed by atoms with Crippen molar-refractivity contribution in [1.82, 2.24) is 0 Å². The number of nitrogens with two attached hydrogens (primary N) is 1. The molecule has 0 bridgehead atoms. The lowest BCUT2D eigenvalue weighted by Gasteiger charge is -2.23. The molecule has 5 nitrogen and oxygen atoms in total. The minimum Gasteiger partial charge on any atom is -0.326 e. The van der Waals surface area contributed by atoms with E-state index in [2.05, 4.69) is 4.52 Å². The number of ketones is 1. The molecule has 0 saturated heterocycles. The molecular weight excluding hydrogens is 193 g/mol. The molecule has 6 heteroatoms. The first kappa shape index (κ1) is 12.8. The van der Waals surface area contributed by atoms with Crippen LogP contribution in [0.15, 0.2) is 0 Å². The number of carbonyl (C=O) groups excluding carboxylic acids is 1. The predicted octanol–water partition coefficient (Wildman–Crippen LogP) is 0.326. The lowest BCUT2D eigenvalue weighted by Crippen LogP contribution is -2.44. The van der Waals surface area contributed by atoms with E-state index in [1.54, 1.807) is 0 Å². The van der Waals surface area contributed by atoms with Crippen LogP contribution in [0.1, 0.15) is 20.8 Å². The van der Waals surface area contributed by atoms with Crippen molar-refractivity contribution in [3.63, 3.8) is 0 Å². The third-order valence-electron chi connectivity index (χ3n) is 1.75. The minimum absolute atomic E-state index is 0.0234. The zero-order chi connectivity index (χ0) is 10.6. The maximum atomic E-state index is 11.0. The van der Waals surface area contributed by atoms with Crippen LogP contribution < -0.4 is 5.73 Å². The quantitative estimate of drug-likeness (QED) is 0.636. The molecule has 0 saturated carbocycles. The Morgan fingerprint density at radius 2 is 2.00 bits per heavy atom. The third kappa shape index (κ3) is 4.52. The summed E-state index contributed by atoms with van der Waals surface area (Å²) in [5.74, 6) is -0.302. The van der Waals surface area contributed by atoms with Gasteiger partial charge < -0.3 is 10.6 Å². The zero-order valence-corrected chi connectivity index (χ0v) is 8.98. The van der Waals surface area contributed by atoms with Crippen LogP contribution in [0.4, 0.5) is 0 Å². The lowest BCUT2D eigenvalue weighted by molar-refractivity contribution is -0.125. The summed E-state index contributed by atoms with van der Waals surface area (Å²) in [5.41, 5.74) is 5.63. The van der Waals surface area contributed by atoms with E-state index in [4.69, 9.17) is 10.6 Å². The lowest BCUT2D eigenvalue weighted by atomic mass is 9.97. The molecule has 0 aliphatic heterocycles. The molecular formula is C7H16NO4P. The summed E-state index contributed by atoms with van der Waals surface area (Å²) in [7, 11) is -3.11. The Kier molecular flexibility index (Phi) is 5.40. The van der Waals surface area contributed by atoms with E-state index in [-0.39, 0.29) is 11.7 Å². The second-order valence-electron chi connectivity index (χ2n) is 3.24. The summed E-state index contributed by atoms with van der Waals surface area (Å²) in [6.07, 6.45) is -0.976. The number of hydrogen-bond acceptors (Lipinski definition) is 4. The number of Topliss-reactive ketones (excluding diaryl/α,β-unsaturated/α-hetero) is 1. The van der Waals surface area contributed by atoms with Crippen molar-refractivity contribution in [2.24, 2.45) is 11.7 Å². The van der Waals surface area contributed by atoms with Crippen molar-refractivity contribution in [1.29, 1.82) is 0 Å². The van der Waals surface area contributed by atoms with Crippen LogP contribution in [-0.4, -0.2) is 22.8 Å². The van der Waals surface area contributed by atoms with Crippen molar-refractivity contribution in [2.75, 3.05) is 0 Å². The molecule has 0 radical (unpaired) electrons. The van der Waals surface area contributed by atoms with Gasteiger partial charge in [0.05, 0.1) is 0 Å². The Balaban J connectivity index is 4.41. The molecule has 0 aromatic heterocycles. The Morgan fingerprint density at radius 3 is 2.23 bits per heavy atom. The molecule has 0 aliphatic rings. The molecule has 3 unspecified atom stereocenters. The van der Waals surface area contributed by atoms with Crippen LogP contribution >= 0.6 is 8.25 Å². The molecule has 0 fully saturated rings. The SMILES string of the molecule is CC(=O)C(O[PH](=O)O)C(N)C(C)C. The highest BCUT2D eigenvalue weighted by Gasteiger charge is 2.27. The summed E-state index contributed by atoms with van der Waals surface area (Å²) >= 11 is 0. The summed E-state index contributed by atoms with van der Waals surface area (Å²) in [4.78, 5) is 19.5. The molecule has 3 atom stereocenters. The van der Waals surface area contributed by atoms with E-state index in [0.717, 1.165) is 0 Å². The summed E-state index contributed by atoms with van der Waals surface area (Å²) in [5, 5.41) is 0. The number of hydrogen-bond donors (Lipinski definition) is 2. The van der Waals surface area contributed by atoms with Crippen molar-refractivity contribution in [2.45, 2.75) is 32.9 Å². The average Bonchev–Trinajstić information content (AvgIpc) is 1.97. The fourth-order valence-electron chi connectivity index (χ4n) is 0.891. The Bertz CT molecular complexity index is 207.